The van der Waals surface area contributed by atoms with Gasteiger partial charge in [-0.3, -0.25) is 4.79 Å². The maximum atomic E-state index is 12.3. The van der Waals surface area contributed by atoms with Crippen molar-refractivity contribution in [3.05, 3.63) is 48.2 Å². The molecule has 0 radical (unpaired) electrons. The van der Waals surface area contributed by atoms with Crippen LogP contribution in [0.2, 0.25) is 0 Å². The summed E-state index contributed by atoms with van der Waals surface area (Å²) in [6.07, 6.45) is 3.78. The highest BCUT2D eigenvalue weighted by Gasteiger charge is 2.26. The number of hydrogen-bond donors (Lipinski definition) is 1. The largest absolute Gasteiger partial charge is 0.489 e. The van der Waals surface area contributed by atoms with E-state index < -0.39 is 0 Å². The summed E-state index contributed by atoms with van der Waals surface area (Å²) < 4.78 is 17.3. The predicted octanol–water partition coefficient (Wildman–Crippen LogP) is 3.74. The maximum Gasteiger partial charge on any atom is 0.225 e. The quantitative estimate of drug-likeness (QED) is 0.676. The Balaban J connectivity index is 1.29. The Morgan fingerprint density at radius 3 is 2.72 bits per heavy atom. The van der Waals surface area contributed by atoms with E-state index in [1.807, 2.05) is 57.2 Å². The Hall–Kier alpha value is -2.80. The number of ether oxygens (including phenoxy) is 3. The predicted molar refractivity (Wildman–Crippen MR) is 123 cm³/mol. The van der Waals surface area contributed by atoms with Gasteiger partial charge in [-0.2, -0.15) is 0 Å². The second-order valence-electron chi connectivity index (χ2n) is 8.85. The van der Waals surface area contributed by atoms with E-state index in [2.05, 4.69) is 15.2 Å². The first-order valence-corrected chi connectivity index (χ1v) is 11.5. The molecule has 2 aliphatic rings. The summed E-state index contributed by atoms with van der Waals surface area (Å²) in [5, 5.41) is 3.09. The molecule has 3 atom stereocenters. The molecule has 2 aliphatic heterocycles. The van der Waals surface area contributed by atoms with Gasteiger partial charge in [-0.05, 0) is 51.0 Å². The van der Waals surface area contributed by atoms with Crippen molar-refractivity contribution >= 4 is 11.6 Å². The van der Waals surface area contributed by atoms with Gasteiger partial charge in [-0.1, -0.05) is 12.1 Å². The molecule has 4 rings (SSSR count). The highest BCUT2D eigenvalue weighted by atomic mass is 16.5. The van der Waals surface area contributed by atoms with E-state index in [0.29, 0.717) is 19.1 Å². The second kappa shape index (κ2) is 10.2. The van der Waals surface area contributed by atoms with Crippen molar-refractivity contribution in [2.45, 2.75) is 51.9 Å². The molecule has 32 heavy (non-hydrogen) atoms. The molecule has 2 saturated heterocycles. The third kappa shape index (κ3) is 5.71. The summed E-state index contributed by atoms with van der Waals surface area (Å²) in [5.41, 5.74) is 2.17. The van der Waals surface area contributed by atoms with Crippen molar-refractivity contribution in [3.63, 3.8) is 0 Å². The molecule has 172 valence electrons. The van der Waals surface area contributed by atoms with Gasteiger partial charge in [0.15, 0.2) is 0 Å². The number of nitrogens with one attached hydrogen (secondary N) is 1. The minimum Gasteiger partial charge on any atom is -0.489 e. The number of carbonyl (C=O) groups is 1. The number of amides is 1. The van der Waals surface area contributed by atoms with Crippen LogP contribution in [0, 0.1) is 5.92 Å². The zero-order chi connectivity index (χ0) is 22.5. The molecule has 0 bridgehead atoms. The van der Waals surface area contributed by atoms with Crippen molar-refractivity contribution < 1.29 is 19.0 Å². The van der Waals surface area contributed by atoms with Crippen LogP contribution in [-0.4, -0.2) is 49.4 Å². The second-order valence-corrected chi connectivity index (χ2v) is 8.85. The van der Waals surface area contributed by atoms with Gasteiger partial charge in [0, 0.05) is 37.5 Å². The zero-order valence-electron chi connectivity index (χ0n) is 19.1. The molecule has 2 fully saturated rings. The molecule has 0 spiro atoms. The van der Waals surface area contributed by atoms with E-state index in [9.17, 15) is 4.79 Å². The minimum atomic E-state index is -0.0481. The van der Waals surface area contributed by atoms with Crippen molar-refractivity contribution in [1.29, 1.82) is 0 Å². The first kappa shape index (κ1) is 22.4. The average Bonchev–Trinajstić information content (AvgIpc) is 3.46. The van der Waals surface area contributed by atoms with E-state index in [0.717, 1.165) is 42.9 Å². The Kier molecular flexibility index (Phi) is 7.15. The fourth-order valence-corrected chi connectivity index (χ4v) is 4.14. The number of rotatable bonds is 8. The van der Waals surface area contributed by atoms with Gasteiger partial charge in [0.05, 0.1) is 31.2 Å². The third-order valence-electron chi connectivity index (χ3n) is 5.93. The van der Waals surface area contributed by atoms with E-state index >= 15 is 0 Å². The monoisotopic (exact) mass is 439 g/mol. The van der Waals surface area contributed by atoms with Crippen molar-refractivity contribution in [2.75, 3.05) is 31.2 Å². The molecule has 3 heterocycles. The number of benzene rings is 1. The van der Waals surface area contributed by atoms with Gasteiger partial charge in [-0.15, -0.1) is 0 Å². The van der Waals surface area contributed by atoms with Crippen molar-refractivity contribution in [1.82, 2.24) is 10.3 Å². The Bertz CT molecular complexity index is 896. The number of nitrogens with zero attached hydrogens (tertiary/aromatic N) is 2. The third-order valence-corrected chi connectivity index (χ3v) is 5.93. The first-order chi connectivity index (χ1) is 15.5. The Morgan fingerprint density at radius 2 is 2.00 bits per heavy atom. The number of hydrogen-bond acceptors (Lipinski definition) is 6. The molecule has 0 saturated carbocycles. The fourth-order valence-electron chi connectivity index (χ4n) is 4.14. The Morgan fingerprint density at radius 1 is 1.19 bits per heavy atom. The van der Waals surface area contributed by atoms with Crippen LogP contribution in [0.4, 0.5) is 5.69 Å². The topological polar surface area (TPSA) is 72.9 Å². The molecule has 1 aromatic heterocycles. The van der Waals surface area contributed by atoms with E-state index in [1.165, 1.54) is 0 Å². The first-order valence-electron chi connectivity index (χ1n) is 11.5. The average molecular weight is 440 g/mol. The normalized spacial score (nSPS) is 21.6. The summed E-state index contributed by atoms with van der Waals surface area (Å²) in [6.45, 7) is 8.95. The smallest absolute Gasteiger partial charge is 0.225 e. The molecule has 1 amide bonds. The number of anilines is 1. The lowest BCUT2D eigenvalue weighted by Crippen LogP contribution is -2.33. The van der Waals surface area contributed by atoms with Gasteiger partial charge in [0.2, 0.25) is 11.8 Å². The SMILES string of the molecule is CC(C)Oc1cc(N2CCC(Oc3ccc([C@H](C)NC(=O)C4CCOC4)cc3)C2)ccn1. The number of carbonyl (C=O) groups excluding carboxylic acids is 1. The molecule has 2 aromatic rings. The molecule has 1 aromatic carbocycles. The fraction of sp³-hybridized carbons (Fsp3) is 0.520. The summed E-state index contributed by atoms with van der Waals surface area (Å²) in [4.78, 5) is 18.9. The molecule has 7 nitrogen and oxygen atoms in total. The molecule has 7 heteroatoms. The van der Waals surface area contributed by atoms with Crippen LogP contribution >= 0.6 is 0 Å². The van der Waals surface area contributed by atoms with Crippen LogP contribution in [0.1, 0.15) is 45.2 Å². The van der Waals surface area contributed by atoms with E-state index in [4.69, 9.17) is 14.2 Å². The summed E-state index contributed by atoms with van der Waals surface area (Å²) in [7, 11) is 0. The lowest BCUT2D eigenvalue weighted by molar-refractivity contribution is -0.125. The minimum absolute atomic E-state index is 0.0289. The van der Waals surface area contributed by atoms with Crippen LogP contribution in [0.3, 0.4) is 0 Å². The zero-order valence-corrected chi connectivity index (χ0v) is 19.1. The van der Waals surface area contributed by atoms with Crippen LogP contribution in [0.5, 0.6) is 11.6 Å². The highest BCUT2D eigenvalue weighted by molar-refractivity contribution is 5.79. The van der Waals surface area contributed by atoms with Crippen LogP contribution in [-0.2, 0) is 9.53 Å². The highest BCUT2D eigenvalue weighted by Crippen LogP contribution is 2.27. The number of aromatic nitrogens is 1. The summed E-state index contributed by atoms with van der Waals surface area (Å²) >= 11 is 0. The van der Waals surface area contributed by atoms with Crippen LogP contribution in [0.15, 0.2) is 42.6 Å². The molecular weight excluding hydrogens is 406 g/mol. The standard InChI is InChI=1S/C25H33N3O4/c1-17(2)31-24-14-21(8-11-26-24)28-12-9-23(15-28)32-22-6-4-19(5-7-22)18(3)27-25(29)20-10-13-30-16-20/h4-8,11,14,17-18,20,23H,9-10,12-13,15-16H2,1-3H3,(H,27,29)/t18-,20?,23?/m0/s1. The summed E-state index contributed by atoms with van der Waals surface area (Å²) in [5.74, 6) is 1.54. The van der Waals surface area contributed by atoms with E-state index in [1.54, 1.807) is 6.20 Å². The maximum absolute atomic E-state index is 12.3. The van der Waals surface area contributed by atoms with Gasteiger partial charge in [-0.25, -0.2) is 4.98 Å². The lowest BCUT2D eigenvalue weighted by atomic mass is 10.1. The summed E-state index contributed by atoms with van der Waals surface area (Å²) in [6, 6.07) is 12.0. The molecule has 0 aliphatic carbocycles. The van der Waals surface area contributed by atoms with Gasteiger partial charge in [0.25, 0.3) is 0 Å². The van der Waals surface area contributed by atoms with Gasteiger partial charge in [0.1, 0.15) is 11.9 Å². The Labute approximate surface area is 190 Å². The lowest BCUT2D eigenvalue weighted by Gasteiger charge is -2.20. The van der Waals surface area contributed by atoms with Gasteiger partial charge >= 0.3 is 0 Å². The number of pyridine rings is 1. The molecular formula is C25H33N3O4. The van der Waals surface area contributed by atoms with E-state index in [-0.39, 0.29) is 30.1 Å². The van der Waals surface area contributed by atoms with Gasteiger partial charge < -0.3 is 24.4 Å². The molecule has 1 N–H and O–H groups in total. The van der Waals surface area contributed by atoms with Crippen LogP contribution in [0.25, 0.3) is 0 Å². The van der Waals surface area contributed by atoms with Crippen molar-refractivity contribution in [2.24, 2.45) is 5.92 Å². The van der Waals surface area contributed by atoms with Crippen LogP contribution < -0.4 is 19.7 Å². The molecule has 2 unspecified atom stereocenters. The van der Waals surface area contributed by atoms with Crippen molar-refractivity contribution in [3.8, 4) is 11.6 Å².